The molecular weight excluding hydrogens is 387 g/mol. The highest BCUT2D eigenvalue weighted by Crippen LogP contribution is 2.47. The number of piperidine rings is 1. The van der Waals surface area contributed by atoms with E-state index in [9.17, 15) is 9.18 Å². The number of nitrogens with zero attached hydrogens (tertiary/aromatic N) is 2. The van der Waals surface area contributed by atoms with Gasteiger partial charge in [-0.3, -0.25) is 4.79 Å². The summed E-state index contributed by atoms with van der Waals surface area (Å²) in [4.78, 5) is 15.5. The van der Waals surface area contributed by atoms with E-state index in [0.29, 0.717) is 11.5 Å². The van der Waals surface area contributed by atoms with E-state index in [0.717, 1.165) is 36.2 Å². The number of amides is 1. The van der Waals surface area contributed by atoms with Gasteiger partial charge in [-0.25, -0.2) is 4.39 Å². The molecule has 1 amide bonds. The lowest BCUT2D eigenvalue weighted by Crippen LogP contribution is -2.56. The zero-order chi connectivity index (χ0) is 21.6. The summed E-state index contributed by atoms with van der Waals surface area (Å²) in [6, 6.07) is 23.2. The van der Waals surface area contributed by atoms with Crippen LogP contribution in [0.1, 0.15) is 39.4 Å². The van der Waals surface area contributed by atoms with Crippen molar-refractivity contribution in [2.24, 2.45) is 0 Å². The number of hydrogen-bond donors (Lipinski definition) is 0. The van der Waals surface area contributed by atoms with Crippen molar-refractivity contribution in [2.75, 3.05) is 25.0 Å². The number of anilines is 1. The monoisotopic (exact) mass is 415 g/mol. The van der Waals surface area contributed by atoms with Gasteiger partial charge in [0.1, 0.15) is 12.4 Å². The Balaban J connectivity index is 1.49. The van der Waals surface area contributed by atoms with Gasteiger partial charge in [-0.1, -0.05) is 48.0 Å². The van der Waals surface area contributed by atoms with Crippen molar-refractivity contribution < 1.29 is 13.7 Å². The second-order valence-corrected chi connectivity index (χ2v) is 9.38. The first-order valence-electron chi connectivity index (χ1n) is 11.0. The van der Waals surface area contributed by atoms with Crippen LogP contribution in [0, 0.1) is 12.7 Å². The van der Waals surface area contributed by atoms with Crippen molar-refractivity contribution in [2.45, 2.75) is 31.8 Å². The van der Waals surface area contributed by atoms with E-state index < -0.39 is 0 Å². The molecule has 0 aromatic heterocycles. The lowest BCUT2D eigenvalue weighted by Gasteiger charge is -2.44. The fourth-order valence-corrected chi connectivity index (χ4v) is 5.48. The molecule has 1 saturated heterocycles. The van der Waals surface area contributed by atoms with Gasteiger partial charge in [-0.05, 0) is 42.8 Å². The molecule has 3 aromatic rings. The highest BCUT2D eigenvalue weighted by molar-refractivity contribution is 6.08. The molecule has 31 heavy (non-hydrogen) atoms. The molecule has 4 heteroatoms. The van der Waals surface area contributed by atoms with Crippen LogP contribution in [0.3, 0.4) is 0 Å². The van der Waals surface area contributed by atoms with E-state index in [2.05, 4.69) is 62.5 Å². The summed E-state index contributed by atoms with van der Waals surface area (Å²) in [6.45, 7) is 5.14. The van der Waals surface area contributed by atoms with Crippen LogP contribution >= 0.6 is 0 Å². The highest BCUT2D eigenvalue weighted by Gasteiger charge is 2.49. The SMILES string of the molecule is Cc1ccc2c(c1)[C@@H]1C[N@+](C)(Cc3ccccc3)CC[C@@H]1N2C(=O)c1ccc(F)cc1. The standard InChI is InChI=1S/C27H28FN2O/c1-19-8-13-25-23(16-19)24-18-30(2,17-20-6-4-3-5-7-20)15-14-26(24)29(25)27(31)21-9-11-22(28)12-10-21/h3-13,16,24,26H,14-15,17-18H2,1-2H3/q+1/t24-,26-,30-/m0/s1. The minimum atomic E-state index is -0.321. The second kappa shape index (κ2) is 7.61. The molecule has 0 radical (unpaired) electrons. The molecule has 2 aliphatic rings. The third kappa shape index (κ3) is 3.66. The Hall–Kier alpha value is -2.98. The number of rotatable bonds is 3. The summed E-state index contributed by atoms with van der Waals surface area (Å²) >= 11 is 0. The smallest absolute Gasteiger partial charge is 0.258 e. The predicted molar refractivity (Wildman–Crippen MR) is 122 cm³/mol. The van der Waals surface area contributed by atoms with Crippen molar-refractivity contribution in [3.63, 3.8) is 0 Å². The number of likely N-dealkylation sites (N-methyl/N-ethyl adjacent to an activating group) is 1. The van der Waals surface area contributed by atoms with E-state index in [1.54, 1.807) is 12.1 Å². The lowest BCUT2D eigenvalue weighted by atomic mass is 9.87. The summed E-state index contributed by atoms with van der Waals surface area (Å²) in [5, 5.41) is 0. The molecule has 3 nitrogen and oxygen atoms in total. The van der Waals surface area contributed by atoms with E-state index in [1.807, 2.05) is 4.90 Å². The Bertz CT molecular complexity index is 1110. The summed E-state index contributed by atoms with van der Waals surface area (Å²) in [5.74, 6) is -0.0444. The molecule has 3 atom stereocenters. The number of halogens is 1. The van der Waals surface area contributed by atoms with Crippen LogP contribution in [0.5, 0.6) is 0 Å². The molecule has 0 unspecified atom stereocenters. The minimum Gasteiger partial charge on any atom is -0.322 e. The van der Waals surface area contributed by atoms with E-state index in [1.165, 1.54) is 28.8 Å². The van der Waals surface area contributed by atoms with Crippen molar-refractivity contribution in [1.82, 2.24) is 0 Å². The molecular formula is C27H28FN2O+. The van der Waals surface area contributed by atoms with E-state index in [4.69, 9.17) is 0 Å². The molecule has 5 rings (SSSR count). The van der Waals surface area contributed by atoms with Crippen LogP contribution in [0.4, 0.5) is 10.1 Å². The normalized spacial score (nSPS) is 24.5. The Morgan fingerprint density at radius 3 is 2.55 bits per heavy atom. The molecule has 0 N–H and O–H groups in total. The number of aryl methyl sites for hydroxylation is 1. The third-order valence-electron chi connectivity index (χ3n) is 6.96. The number of carbonyl (C=O) groups excluding carboxylic acids is 1. The molecule has 0 saturated carbocycles. The first-order chi connectivity index (χ1) is 14.9. The Kier molecular flexibility index (Phi) is 4.90. The van der Waals surface area contributed by atoms with Gasteiger partial charge in [0.25, 0.3) is 5.91 Å². The number of likely N-dealkylation sites (tertiary alicyclic amines) is 1. The Labute approximate surface area is 183 Å². The number of quaternary nitrogens is 1. The van der Waals surface area contributed by atoms with Crippen LogP contribution < -0.4 is 4.90 Å². The molecule has 1 fully saturated rings. The van der Waals surface area contributed by atoms with Crippen LogP contribution in [-0.2, 0) is 6.54 Å². The van der Waals surface area contributed by atoms with Crippen LogP contribution in [0.2, 0.25) is 0 Å². The molecule has 3 aromatic carbocycles. The molecule has 0 aliphatic carbocycles. The average Bonchev–Trinajstić information content (AvgIpc) is 3.06. The number of benzene rings is 3. The molecule has 2 aliphatic heterocycles. The van der Waals surface area contributed by atoms with Gasteiger partial charge in [0.2, 0.25) is 0 Å². The molecule has 158 valence electrons. The second-order valence-electron chi connectivity index (χ2n) is 9.38. The summed E-state index contributed by atoms with van der Waals surface area (Å²) in [7, 11) is 2.34. The Morgan fingerprint density at radius 1 is 1.06 bits per heavy atom. The first kappa shape index (κ1) is 20.0. The van der Waals surface area contributed by atoms with E-state index >= 15 is 0 Å². The summed E-state index contributed by atoms with van der Waals surface area (Å²) in [5.41, 5.74) is 5.41. The van der Waals surface area contributed by atoms with Crippen LogP contribution in [0.25, 0.3) is 0 Å². The van der Waals surface area contributed by atoms with Crippen molar-refractivity contribution in [3.8, 4) is 0 Å². The van der Waals surface area contributed by atoms with Crippen LogP contribution in [0.15, 0.2) is 72.8 Å². The largest absolute Gasteiger partial charge is 0.322 e. The predicted octanol–water partition coefficient (Wildman–Crippen LogP) is 5.30. The van der Waals surface area contributed by atoms with Crippen molar-refractivity contribution >= 4 is 11.6 Å². The maximum absolute atomic E-state index is 13.5. The summed E-state index contributed by atoms with van der Waals surface area (Å²) < 4.78 is 14.4. The van der Waals surface area contributed by atoms with Gasteiger partial charge >= 0.3 is 0 Å². The minimum absolute atomic E-state index is 0.0308. The van der Waals surface area contributed by atoms with E-state index in [-0.39, 0.29) is 17.8 Å². The Morgan fingerprint density at radius 2 is 1.81 bits per heavy atom. The van der Waals surface area contributed by atoms with Gasteiger partial charge in [-0.2, -0.15) is 0 Å². The average molecular weight is 416 g/mol. The summed E-state index contributed by atoms with van der Waals surface area (Å²) in [6.07, 6.45) is 0.953. The van der Waals surface area contributed by atoms with Crippen LogP contribution in [-0.4, -0.2) is 36.6 Å². The fourth-order valence-electron chi connectivity index (χ4n) is 5.48. The maximum atomic E-state index is 13.5. The fraction of sp³-hybridized carbons (Fsp3) is 0.296. The highest BCUT2D eigenvalue weighted by atomic mass is 19.1. The van der Waals surface area contributed by atoms with Gasteiger partial charge in [-0.15, -0.1) is 0 Å². The van der Waals surface area contributed by atoms with Gasteiger partial charge in [0.05, 0.1) is 32.1 Å². The zero-order valence-corrected chi connectivity index (χ0v) is 18.1. The quantitative estimate of drug-likeness (QED) is 0.532. The number of carbonyl (C=O) groups is 1. The molecule has 2 heterocycles. The first-order valence-corrected chi connectivity index (χ1v) is 11.0. The van der Waals surface area contributed by atoms with Crippen molar-refractivity contribution in [1.29, 1.82) is 0 Å². The number of fused-ring (bicyclic) bond motifs is 3. The lowest BCUT2D eigenvalue weighted by molar-refractivity contribution is -0.928. The van der Waals surface area contributed by atoms with Gasteiger partial charge < -0.3 is 9.38 Å². The zero-order valence-electron chi connectivity index (χ0n) is 18.1. The van der Waals surface area contributed by atoms with Gasteiger partial charge in [0, 0.05) is 23.2 Å². The maximum Gasteiger partial charge on any atom is 0.258 e. The van der Waals surface area contributed by atoms with Gasteiger partial charge in [0.15, 0.2) is 0 Å². The van der Waals surface area contributed by atoms with Crippen molar-refractivity contribution in [3.05, 3.63) is 101 Å². The third-order valence-corrected chi connectivity index (χ3v) is 6.96. The molecule has 0 bridgehead atoms. The number of hydrogen-bond acceptors (Lipinski definition) is 1. The topological polar surface area (TPSA) is 20.3 Å². The molecule has 0 spiro atoms.